The zero-order valence-corrected chi connectivity index (χ0v) is 11.8. The predicted molar refractivity (Wildman–Crippen MR) is 63.8 cm³/mol. The third kappa shape index (κ3) is 2.35. The summed E-state index contributed by atoms with van der Waals surface area (Å²) in [6, 6.07) is 20.8. The molecular formula is C12H10BiCl. The SMILES string of the molecule is [Cl][Bi]([c]1ccccc1)[c]1ccccc1. The van der Waals surface area contributed by atoms with Crippen molar-refractivity contribution in [1.29, 1.82) is 0 Å². The van der Waals surface area contributed by atoms with E-state index in [-0.39, 0.29) is 0 Å². The molecule has 0 radical (unpaired) electrons. The Morgan fingerprint density at radius 2 is 1.00 bits per heavy atom. The van der Waals surface area contributed by atoms with Crippen LogP contribution in [-0.4, -0.2) is 20.6 Å². The summed E-state index contributed by atoms with van der Waals surface area (Å²) in [6.45, 7) is 0. The summed E-state index contributed by atoms with van der Waals surface area (Å²) in [5.74, 6) is 0. The second-order valence-corrected chi connectivity index (χ2v) is 12.1. The second-order valence-electron chi connectivity index (χ2n) is 2.95. The molecule has 0 atom stereocenters. The van der Waals surface area contributed by atoms with Crippen LogP contribution in [0.25, 0.3) is 0 Å². The molecule has 0 aliphatic heterocycles. The molecule has 0 heterocycles. The van der Waals surface area contributed by atoms with Crippen LogP contribution in [0.15, 0.2) is 60.7 Å². The van der Waals surface area contributed by atoms with Crippen molar-refractivity contribution >= 4 is 35.6 Å². The Balaban J connectivity index is 2.30. The van der Waals surface area contributed by atoms with E-state index in [0.29, 0.717) is 0 Å². The van der Waals surface area contributed by atoms with Crippen molar-refractivity contribution < 1.29 is 0 Å². The fraction of sp³-hybridized carbons (Fsp3) is 0. The maximum absolute atomic E-state index is 6.54. The van der Waals surface area contributed by atoms with Gasteiger partial charge in [-0.3, -0.25) is 0 Å². The van der Waals surface area contributed by atoms with Gasteiger partial charge in [0.15, 0.2) is 0 Å². The molecule has 0 aromatic heterocycles. The summed E-state index contributed by atoms with van der Waals surface area (Å²) in [5.41, 5.74) is 0. The Hall–Kier alpha value is -0.387. The van der Waals surface area contributed by atoms with Crippen molar-refractivity contribution in [3.8, 4) is 0 Å². The zero-order chi connectivity index (χ0) is 9.80. The normalized spacial score (nSPS) is 10.4. The molecule has 2 aromatic rings. The van der Waals surface area contributed by atoms with Crippen LogP contribution in [0, 0.1) is 0 Å². The number of halogens is 1. The summed E-state index contributed by atoms with van der Waals surface area (Å²) in [7, 11) is 6.54. The van der Waals surface area contributed by atoms with E-state index in [1.54, 1.807) is 0 Å². The molecule has 70 valence electrons. The molecule has 0 saturated carbocycles. The number of rotatable bonds is 2. The van der Waals surface area contributed by atoms with Crippen LogP contribution in [0.1, 0.15) is 0 Å². The molecule has 14 heavy (non-hydrogen) atoms. The quantitative estimate of drug-likeness (QED) is 0.679. The molecule has 0 saturated heterocycles. The van der Waals surface area contributed by atoms with Gasteiger partial charge in [-0.05, 0) is 0 Å². The average molecular weight is 399 g/mol. The first kappa shape index (κ1) is 10.1. The zero-order valence-electron chi connectivity index (χ0n) is 7.60. The number of hydrogen-bond acceptors (Lipinski definition) is 0. The van der Waals surface area contributed by atoms with Crippen LogP contribution >= 0.6 is 8.51 Å². The summed E-state index contributed by atoms with van der Waals surface area (Å²) in [6.07, 6.45) is 0. The maximum atomic E-state index is 6.54. The average Bonchev–Trinajstić information content (AvgIpc) is 2.30. The monoisotopic (exact) mass is 398 g/mol. The van der Waals surface area contributed by atoms with E-state index >= 15 is 0 Å². The third-order valence-corrected chi connectivity index (χ3v) is 11.2. The van der Waals surface area contributed by atoms with Gasteiger partial charge in [0, 0.05) is 0 Å². The van der Waals surface area contributed by atoms with E-state index in [1.807, 2.05) is 12.1 Å². The standard InChI is InChI=1S/2C6H5.Bi.ClH/c2*1-2-4-6-5-3-1;;/h2*1-5H;;1H/q;;+1;/p-1. The summed E-state index contributed by atoms with van der Waals surface area (Å²) in [4.78, 5) is 0. The second kappa shape index (κ2) is 4.91. The fourth-order valence-corrected chi connectivity index (χ4v) is 7.78. The first-order chi connectivity index (χ1) is 6.88. The molecule has 2 heteroatoms. The fourth-order valence-electron chi connectivity index (χ4n) is 1.27. The summed E-state index contributed by atoms with van der Waals surface area (Å²) < 4.78 is 2.69. The van der Waals surface area contributed by atoms with Gasteiger partial charge in [-0.2, -0.15) is 0 Å². The molecule has 0 N–H and O–H groups in total. The van der Waals surface area contributed by atoms with E-state index in [2.05, 4.69) is 48.5 Å². The van der Waals surface area contributed by atoms with Crippen LogP contribution in [-0.2, 0) is 0 Å². The van der Waals surface area contributed by atoms with Crippen LogP contribution in [0.3, 0.4) is 0 Å². The Kier molecular flexibility index (Phi) is 3.56. The van der Waals surface area contributed by atoms with E-state index in [9.17, 15) is 0 Å². The molecule has 2 rings (SSSR count). The minimum atomic E-state index is -2.10. The van der Waals surface area contributed by atoms with Crippen LogP contribution < -0.4 is 6.54 Å². The van der Waals surface area contributed by atoms with Gasteiger partial charge in [-0.15, -0.1) is 0 Å². The van der Waals surface area contributed by atoms with Crippen molar-refractivity contribution in [2.45, 2.75) is 0 Å². The Morgan fingerprint density at radius 1 is 0.643 bits per heavy atom. The first-order valence-corrected chi connectivity index (χ1v) is 12.2. The Morgan fingerprint density at radius 3 is 1.36 bits per heavy atom. The molecule has 0 amide bonds. The van der Waals surface area contributed by atoms with Crippen molar-refractivity contribution in [2.24, 2.45) is 0 Å². The Labute approximate surface area is 95.8 Å². The molecule has 0 aliphatic carbocycles. The van der Waals surface area contributed by atoms with E-state index in [0.717, 1.165) is 0 Å². The Bertz CT molecular complexity index is 346. The number of benzene rings is 2. The topological polar surface area (TPSA) is 0 Å². The minimum absolute atomic E-state index is 1.34. The molecule has 2 aromatic carbocycles. The van der Waals surface area contributed by atoms with Crippen LogP contribution in [0.4, 0.5) is 0 Å². The molecule has 0 fully saturated rings. The van der Waals surface area contributed by atoms with E-state index in [4.69, 9.17) is 8.51 Å². The van der Waals surface area contributed by atoms with E-state index in [1.165, 1.54) is 6.54 Å². The van der Waals surface area contributed by atoms with E-state index < -0.39 is 20.6 Å². The van der Waals surface area contributed by atoms with Gasteiger partial charge in [0.2, 0.25) is 0 Å². The third-order valence-electron chi connectivity index (χ3n) is 1.97. The first-order valence-electron chi connectivity index (χ1n) is 4.44. The van der Waals surface area contributed by atoms with Crippen molar-refractivity contribution in [3.05, 3.63) is 60.7 Å². The molecule has 0 spiro atoms. The van der Waals surface area contributed by atoms with Gasteiger partial charge in [-0.1, -0.05) is 0 Å². The summed E-state index contributed by atoms with van der Waals surface area (Å²) in [5, 5.41) is 0. The molecule has 0 bridgehead atoms. The van der Waals surface area contributed by atoms with Crippen molar-refractivity contribution in [1.82, 2.24) is 0 Å². The van der Waals surface area contributed by atoms with Crippen LogP contribution in [0.5, 0.6) is 0 Å². The van der Waals surface area contributed by atoms with Gasteiger partial charge in [0.05, 0.1) is 0 Å². The number of hydrogen-bond donors (Lipinski definition) is 0. The van der Waals surface area contributed by atoms with Crippen LogP contribution in [0.2, 0.25) is 0 Å². The van der Waals surface area contributed by atoms with Gasteiger partial charge in [0.25, 0.3) is 0 Å². The van der Waals surface area contributed by atoms with Gasteiger partial charge >= 0.3 is 96.3 Å². The molecule has 0 aliphatic rings. The molecule has 0 unspecified atom stereocenters. The van der Waals surface area contributed by atoms with Crippen molar-refractivity contribution in [3.63, 3.8) is 0 Å². The molecular weight excluding hydrogens is 389 g/mol. The molecule has 0 nitrogen and oxygen atoms in total. The van der Waals surface area contributed by atoms with Crippen molar-refractivity contribution in [2.75, 3.05) is 0 Å². The van der Waals surface area contributed by atoms with Gasteiger partial charge in [0.1, 0.15) is 0 Å². The summed E-state index contributed by atoms with van der Waals surface area (Å²) >= 11 is -2.10. The van der Waals surface area contributed by atoms with Gasteiger partial charge in [-0.25, -0.2) is 0 Å². The van der Waals surface area contributed by atoms with Gasteiger partial charge < -0.3 is 0 Å². The predicted octanol–water partition coefficient (Wildman–Crippen LogP) is 2.03.